The summed E-state index contributed by atoms with van der Waals surface area (Å²) in [6, 6.07) is 4.65. The number of carbonyl (C=O) groups excluding carboxylic acids is 1. The lowest BCUT2D eigenvalue weighted by Gasteiger charge is -2.12. The number of nitrogens with zero attached hydrogens (tertiary/aromatic N) is 2. The highest BCUT2D eigenvalue weighted by Gasteiger charge is 2.34. The third-order valence-electron chi connectivity index (χ3n) is 5.06. The number of fused-ring (bicyclic) bond motifs is 2. The van der Waals surface area contributed by atoms with Crippen LogP contribution in [-0.4, -0.2) is 17.4 Å². The second-order valence-corrected chi connectivity index (χ2v) is 7.66. The van der Waals surface area contributed by atoms with Gasteiger partial charge in [0.25, 0.3) is 0 Å². The molecule has 2 aliphatic rings. The van der Waals surface area contributed by atoms with E-state index in [1.165, 1.54) is 6.42 Å². The number of urea groups is 1. The number of aryl methyl sites for hydroxylation is 1. The average molecular weight is 405 g/mol. The van der Waals surface area contributed by atoms with Gasteiger partial charge in [0, 0.05) is 17.7 Å². The van der Waals surface area contributed by atoms with Crippen molar-refractivity contribution in [3.05, 3.63) is 46.2 Å². The van der Waals surface area contributed by atoms with E-state index in [9.17, 15) is 4.79 Å². The van der Waals surface area contributed by atoms with Gasteiger partial charge in [0.05, 0.1) is 10.0 Å². The van der Waals surface area contributed by atoms with Crippen LogP contribution in [0.4, 0.5) is 10.5 Å². The minimum atomic E-state index is -0.485. The van der Waals surface area contributed by atoms with Crippen molar-refractivity contribution in [3.8, 4) is 11.3 Å². The summed E-state index contributed by atoms with van der Waals surface area (Å²) in [4.78, 5) is 12.3. The van der Waals surface area contributed by atoms with Gasteiger partial charge in [-0.15, -0.1) is 0 Å². The molecule has 1 aromatic carbocycles. The Bertz CT molecular complexity index is 918. The smallest absolute Gasteiger partial charge is 0.339 e. The van der Waals surface area contributed by atoms with E-state index < -0.39 is 6.03 Å². The summed E-state index contributed by atoms with van der Waals surface area (Å²) in [6.07, 6.45) is 8.61. The summed E-state index contributed by atoms with van der Waals surface area (Å²) in [5, 5.41) is 11.6. The van der Waals surface area contributed by atoms with Crippen molar-refractivity contribution in [2.45, 2.75) is 19.8 Å². The Balaban J connectivity index is 1.46. The number of benzene rings is 1. The molecule has 0 saturated heterocycles. The van der Waals surface area contributed by atoms with Crippen molar-refractivity contribution < 1.29 is 9.32 Å². The summed E-state index contributed by atoms with van der Waals surface area (Å²) in [6.45, 7) is 1.70. The minimum absolute atomic E-state index is 0.375. The Labute approximate surface area is 166 Å². The standard InChI is InChI=1S/C19H18Cl2N4O2/c1-10-17(18(25-27-10)16-14(20)3-2-4-15(16)21)23-19(26)24-22-9-13-8-11-5-6-12(13)7-11/h2-6,9,11-13H,7-8H2,1H3,(H2,23,24,26)/b22-9-/t11-,12+,13-/m1/s1. The molecular weight excluding hydrogens is 387 g/mol. The van der Waals surface area contributed by atoms with Crippen molar-refractivity contribution in [2.75, 3.05) is 5.32 Å². The highest BCUT2D eigenvalue weighted by molar-refractivity contribution is 6.39. The van der Waals surface area contributed by atoms with Crippen LogP contribution in [0.1, 0.15) is 18.6 Å². The number of hydrogen-bond donors (Lipinski definition) is 2. The summed E-state index contributed by atoms with van der Waals surface area (Å²) < 4.78 is 5.22. The first-order valence-electron chi connectivity index (χ1n) is 8.72. The predicted octanol–water partition coefficient (Wildman–Crippen LogP) is 5.28. The highest BCUT2D eigenvalue weighted by atomic mass is 35.5. The summed E-state index contributed by atoms with van der Waals surface area (Å²) >= 11 is 12.5. The lowest BCUT2D eigenvalue weighted by Crippen LogP contribution is -2.25. The first kappa shape index (κ1) is 18.1. The molecule has 4 rings (SSSR count). The SMILES string of the molecule is Cc1onc(-c2c(Cl)cccc2Cl)c1NC(=O)N/N=C\[C@H]1C[C@@H]2C=C[C@H]1C2. The van der Waals surface area contributed by atoms with Gasteiger partial charge in [0.2, 0.25) is 0 Å². The molecule has 0 radical (unpaired) electrons. The lowest BCUT2D eigenvalue weighted by atomic mass is 9.95. The molecule has 2 aliphatic carbocycles. The normalized spacial score (nSPS) is 23.3. The molecule has 1 heterocycles. The molecule has 2 N–H and O–H groups in total. The van der Waals surface area contributed by atoms with Crippen LogP contribution in [0.25, 0.3) is 11.3 Å². The van der Waals surface area contributed by atoms with E-state index >= 15 is 0 Å². The molecule has 140 valence electrons. The number of nitrogens with one attached hydrogen (secondary N) is 2. The maximum Gasteiger partial charge on any atom is 0.339 e. The van der Waals surface area contributed by atoms with E-state index in [0.29, 0.717) is 50.5 Å². The third kappa shape index (κ3) is 3.59. The van der Waals surface area contributed by atoms with E-state index in [2.05, 4.69) is 33.2 Å². The number of allylic oxidation sites excluding steroid dienone is 2. The fourth-order valence-corrected chi connectivity index (χ4v) is 4.32. The molecule has 2 aromatic rings. The van der Waals surface area contributed by atoms with Crippen LogP contribution < -0.4 is 10.7 Å². The number of amides is 2. The van der Waals surface area contributed by atoms with Crippen LogP contribution in [0.5, 0.6) is 0 Å². The second-order valence-electron chi connectivity index (χ2n) is 6.85. The zero-order chi connectivity index (χ0) is 19.0. The second kappa shape index (κ2) is 7.37. The van der Waals surface area contributed by atoms with E-state index in [0.717, 1.165) is 6.42 Å². The molecule has 8 heteroatoms. The quantitative estimate of drug-likeness (QED) is 0.413. The van der Waals surface area contributed by atoms with Gasteiger partial charge < -0.3 is 9.84 Å². The molecule has 3 atom stereocenters. The molecule has 1 saturated carbocycles. The zero-order valence-electron chi connectivity index (χ0n) is 14.6. The van der Waals surface area contributed by atoms with Crippen molar-refractivity contribution in [3.63, 3.8) is 0 Å². The van der Waals surface area contributed by atoms with Crippen molar-refractivity contribution >= 4 is 41.1 Å². The Hall–Kier alpha value is -2.31. The van der Waals surface area contributed by atoms with Gasteiger partial charge in [0.15, 0.2) is 5.76 Å². The Morgan fingerprint density at radius 1 is 1.30 bits per heavy atom. The minimum Gasteiger partial charge on any atom is -0.359 e. The molecule has 2 amide bonds. The fraction of sp³-hybridized carbons (Fsp3) is 0.316. The number of hydrogen-bond acceptors (Lipinski definition) is 4. The van der Waals surface area contributed by atoms with Gasteiger partial charge in [-0.05, 0) is 43.7 Å². The maximum atomic E-state index is 12.3. The number of aromatic nitrogens is 1. The Morgan fingerprint density at radius 2 is 2.07 bits per heavy atom. The van der Waals surface area contributed by atoms with Crippen LogP contribution in [-0.2, 0) is 0 Å². The molecule has 2 bridgehead atoms. The monoisotopic (exact) mass is 404 g/mol. The van der Waals surface area contributed by atoms with E-state index in [1.807, 2.05) is 6.21 Å². The Morgan fingerprint density at radius 3 is 2.74 bits per heavy atom. The topological polar surface area (TPSA) is 79.5 Å². The van der Waals surface area contributed by atoms with Gasteiger partial charge in [0.1, 0.15) is 11.4 Å². The average Bonchev–Trinajstić information content (AvgIpc) is 3.33. The fourth-order valence-electron chi connectivity index (χ4n) is 3.74. The lowest BCUT2D eigenvalue weighted by molar-refractivity contribution is 0.252. The van der Waals surface area contributed by atoms with Crippen molar-refractivity contribution in [1.82, 2.24) is 10.6 Å². The number of rotatable bonds is 4. The van der Waals surface area contributed by atoms with Gasteiger partial charge in [-0.1, -0.05) is 46.6 Å². The van der Waals surface area contributed by atoms with Crippen LogP contribution >= 0.6 is 23.2 Å². The van der Waals surface area contributed by atoms with E-state index in [4.69, 9.17) is 27.7 Å². The number of carbonyl (C=O) groups is 1. The first-order chi connectivity index (χ1) is 13.0. The molecule has 0 spiro atoms. The number of hydrazone groups is 1. The maximum absolute atomic E-state index is 12.3. The summed E-state index contributed by atoms with van der Waals surface area (Å²) in [5.74, 6) is 2.02. The number of anilines is 1. The van der Waals surface area contributed by atoms with Gasteiger partial charge in [-0.2, -0.15) is 5.10 Å². The van der Waals surface area contributed by atoms with E-state index in [-0.39, 0.29) is 0 Å². The molecule has 0 unspecified atom stereocenters. The van der Waals surface area contributed by atoms with Crippen molar-refractivity contribution in [2.24, 2.45) is 22.9 Å². The first-order valence-corrected chi connectivity index (χ1v) is 9.47. The molecule has 27 heavy (non-hydrogen) atoms. The summed E-state index contributed by atoms with van der Waals surface area (Å²) in [5.41, 5.74) is 3.79. The predicted molar refractivity (Wildman–Crippen MR) is 106 cm³/mol. The molecule has 1 fully saturated rings. The van der Waals surface area contributed by atoms with Gasteiger partial charge in [-0.25, -0.2) is 10.2 Å². The Kier molecular flexibility index (Phi) is 4.93. The largest absolute Gasteiger partial charge is 0.359 e. The number of halogens is 2. The summed E-state index contributed by atoms with van der Waals surface area (Å²) in [7, 11) is 0. The van der Waals surface area contributed by atoms with E-state index in [1.54, 1.807) is 25.1 Å². The molecule has 1 aromatic heterocycles. The molecule has 6 nitrogen and oxygen atoms in total. The van der Waals surface area contributed by atoms with Crippen LogP contribution in [0.15, 0.2) is 40.0 Å². The van der Waals surface area contributed by atoms with Gasteiger partial charge >= 0.3 is 6.03 Å². The molecule has 0 aliphatic heterocycles. The van der Waals surface area contributed by atoms with Crippen LogP contribution in [0.3, 0.4) is 0 Å². The van der Waals surface area contributed by atoms with Gasteiger partial charge in [-0.3, -0.25) is 0 Å². The third-order valence-corrected chi connectivity index (χ3v) is 5.69. The van der Waals surface area contributed by atoms with Crippen molar-refractivity contribution in [1.29, 1.82) is 0 Å². The molecular formula is C19H18Cl2N4O2. The van der Waals surface area contributed by atoms with Crippen LogP contribution in [0, 0.1) is 24.7 Å². The van der Waals surface area contributed by atoms with Crippen LogP contribution in [0.2, 0.25) is 10.0 Å². The zero-order valence-corrected chi connectivity index (χ0v) is 16.1. The highest BCUT2D eigenvalue weighted by Crippen LogP contribution is 2.42.